The summed E-state index contributed by atoms with van der Waals surface area (Å²) in [6.45, 7) is 23.2. The summed E-state index contributed by atoms with van der Waals surface area (Å²) in [5, 5.41) is 4.28. The molecule has 294 valence electrons. The highest BCUT2D eigenvalue weighted by Crippen LogP contribution is 2.41. The van der Waals surface area contributed by atoms with Gasteiger partial charge in [0, 0.05) is 47.8 Å². The van der Waals surface area contributed by atoms with E-state index in [1.807, 2.05) is 0 Å². The second kappa shape index (κ2) is 22.1. The standard InChI is InChI=1S/C42H80N2O6/c1-11-13-15-17-19-21-23-25-29-47-43-39(3,4)31-35(32-40(43,5)6)49-37(45)27-28-38(46)50-36-33-41(7,8)44(42(9,10)34-36)48-30-26-24-22-20-18-16-14-12-2/h35-36H,11-34H2,1-10H3. The highest BCUT2D eigenvalue weighted by molar-refractivity contribution is 5.77. The monoisotopic (exact) mass is 709 g/mol. The number of rotatable bonds is 25. The molecule has 2 rings (SSSR count). The van der Waals surface area contributed by atoms with Crippen LogP contribution in [0.4, 0.5) is 0 Å². The topological polar surface area (TPSA) is 77.5 Å². The molecular weight excluding hydrogens is 628 g/mol. The Balaban J connectivity index is 1.72. The van der Waals surface area contributed by atoms with Crippen LogP contribution >= 0.6 is 0 Å². The van der Waals surface area contributed by atoms with Gasteiger partial charge in [-0.2, -0.15) is 10.1 Å². The first-order valence-electron chi connectivity index (χ1n) is 20.8. The molecule has 2 aliphatic heterocycles. The van der Waals surface area contributed by atoms with Crippen LogP contribution in [-0.4, -0.2) is 69.6 Å². The first-order chi connectivity index (χ1) is 23.5. The Morgan fingerprint density at radius 1 is 0.460 bits per heavy atom. The third-order valence-electron chi connectivity index (χ3n) is 10.7. The van der Waals surface area contributed by atoms with Gasteiger partial charge in [-0.3, -0.25) is 19.3 Å². The van der Waals surface area contributed by atoms with Crippen molar-refractivity contribution in [3.05, 3.63) is 0 Å². The van der Waals surface area contributed by atoms with E-state index in [0.29, 0.717) is 38.9 Å². The molecule has 50 heavy (non-hydrogen) atoms. The number of hydrogen-bond donors (Lipinski definition) is 0. The van der Waals surface area contributed by atoms with Crippen LogP contribution in [0.3, 0.4) is 0 Å². The van der Waals surface area contributed by atoms with Gasteiger partial charge in [-0.1, -0.05) is 104 Å². The zero-order valence-electron chi connectivity index (χ0n) is 34.5. The Morgan fingerprint density at radius 3 is 1.00 bits per heavy atom. The zero-order valence-corrected chi connectivity index (χ0v) is 34.5. The second-order valence-corrected chi connectivity index (χ2v) is 18.0. The van der Waals surface area contributed by atoms with E-state index in [1.54, 1.807) is 0 Å². The van der Waals surface area contributed by atoms with Crippen molar-refractivity contribution in [2.75, 3.05) is 13.2 Å². The van der Waals surface area contributed by atoms with Crippen LogP contribution in [0.1, 0.15) is 210 Å². The number of esters is 2. The Labute approximate surface area is 308 Å². The van der Waals surface area contributed by atoms with Gasteiger partial charge in [0.25, 0.3) is 0 Å². The molecular formula is C42H80N2O6. The highest BCUT2D eigenvalue weighted by atomic mass is 16.7. The van der Waals surface area contributed by atoms with E-state index in [0.717, 1.165) is 12.8 Å². The fourth-order valence-electron chi connectivity index (χ4n) is 8.69. The molecule has 0 aromatic heterocycles. The zero-order chi connectivity index (χ0) is 37.3. The van der Waals surface area contributed by atoms with E-state index in [4.69, 9.17) is 19.1 Å². The summed E-state index contributed by atoms with van der Waals surface area (Å²) in [6.07, 6.45) is 22.7. The summed E-state index contributed by atoms with van der Waals surface area (Å²) in [4.78, 5) is 38.6. The number of piperidine rings is 2. The smallest absolute Gasteiger partial charge is 0.306 e. The van der Waals surface area contributed by atoms with Crippen molar-refractivity contribution in [1.82, 2.24) is 10.1 Å². The molecule has 0 amide bonds. The first kappa shape index (κ1) is 44.9. The lowest BCUT2D eigenvalue weighted by Gasteiger charge is -2.53. The van der Waals surface area contributed by atoms with Gasteiger partial charge in [0.05, 0.1) is 26.1 Å². The predicted octanol–water partition coefficient (Wildman–Crippen LogP) is 11.0. The minimum atomic E-state index is -0.336. The van der Waals surface area contributed by atoms with E-state index in [9.17, 15) is 9.59 Å². The van der Waals surface area contributed by atoms with Crippen LogP contribution in [0.25, 0.3) is 0 Å². The van der Waals surface area contributed by atoms with Crippen LogP contribution in [0.5, 0.6) is 0 Å². The lowest BCUT2D eigenvalue weighted by atomic mass is 9.80. The highest BCUT2D eigenvalue weighted by Gasteiger charge is 2.49. The number of ether oxygens (including phenoxy) is 2. The van der Waals surface area contributed by atoms with Crippen molar-refractivity contribution in [1.29, 1.82) is 0 Å². The fourth-order valence-corrected chi connectivity index (χ4v) is 8.69. The van der Waals surface area contributed by atoms with E-state index < -0.39 is 0 Å². The van der Waals surface area contributed by atoms with Crippen LogP contribution in [0.15, 0.2) is 0 Å². The molecule has 0 spiro atoms. The summed E-state index contributed by atoms with van der Waals surface area (Å²) < 4.78 is 11.9. The molecule has 0 aliphatic carbocycles. The van der Waals surface area contributed by atoms with Crippen LogP contribution in [-0.2, 0) is 28.7 Å². The molecule has 2 aliphatic rings. The molecule has 0 radical (unpaired) electrons. The van der Waals surface area contributed by atoms with E-state index >= 15 is 0 Å². The number of carbonyl (C=O) groups excluding carboxylic acids is 2. The summed E-state index contributed by atoms with van der Waals surface area (Å²) in [7, 11) is 0. The van der Waals surface area contributed by atoms with E-state index in [1.165, 1.54) is 89.9 Å². The van der Waals surface area contributed by atoms with Crippen molar-refractivity contribution in [2.45, 2.75) is 245 Å². The van der Waals surface area contributed by atoms with Gasteiger partial charge in [0.1, 0.15) is 12.2 Å². The van der Waals surface area contributed by atoms with Gasteiger partial charge < -0.3 is 9.47 Å². The molecule has 0 unspecified atom stereocenters. The lowest BCUT2D eigenvalue weighted by molar-refractivity contribution is -0.294. The summed E-state index contributed by atoms with van der Waals surface area (Å²) in [5.74, 6) is -0.673. The van der Waals surface area contributed by atoms with Gasteiger partial charge >= 0.3 is 11.9 Å². The van der Waals surface area contributed by atoms with Gasteiger partial charge in [0.15, 0.2) is 0 Å². The fraction of sp³-hybridized carbons (Fsp3) is 0.952. The third-order valence-corrected chi connectivity index (χ3v) is 10.7. The Kier molecular flexibility index (Phi) is 19.9. The number of hydrogen-bond acceptors (Lipinski definition) is 8. The average molecular weight is 709 g/mol. The van der Waals surface area contributed by atoms with Crippen molar-refractivity contribution in [3.63, 3.8) is 0 Å². The van der Waals surface area contributed by atoms with Crippen LogP contribution in [0, 0.1) is 0 Å². The van der Waals surface area contributed by atoms with Gasteiger partial charge in [-0.05, 0) is 68.2 Å². The van der Waals surface area contributed by atoms with Gasteiger partial charge in [-0.25, -0.2) is 0 Å². The number of carbonyl (C=O) groups is 2. The predicted molar refractivity (Wildman–Crippen MR) is 205 cm³/mol. The van der Waals surface area contributed by atoms with E-state index in [2.05, 4.69) is 79.4 Å². The number of unbranched alkanes of at least 4 members (excludes halogenated alkanes) is 14. The Morgan fingerprint density at radius 2 is 0.720 bits per heavy atom. The molecule has 0 N–H and O–H groups in total. The van der Waals surface area contributed by atoms with Crippen LogP contribution in [0.2, 0.25) is 0 Å². The molecule has 0 aromatic carbocycles. The minimum absolute atomic E-state index is 0.0300. The first-order valence-corrected chi connectivity index (χ1v) is 20.8. The summed E-state index contributed by atoms with van der Waals surface area (Å²) >= 11 is 0. The number of nitrogens with zero attached hydrogens (tertiary/aromatic N) is 2. The van der Waals surface area contributed by atoms with Crippen molar-refractivity contribution >= 4 is 11.9 Å². The maximum Gasteiger partial charge on any atom is 0.306 e. The van der Waals surface area contributed by atoms with Crippen molar-refractivity contribution in [2.24, 2.45) is 0 Å². The van der Waals surface area contributed by atoms with Gasteiger partial charge in [0.2, 0.25) is 0 Å². The van der Waals surface area contributed by atoms with Crippen molar-refractivity contribution in [3.8, 4) is 0 Å². The normalized spacial score (nSPS) is 20.9. The average Bonchev–Trinajstić information content (AvgIpc) is 2.99. The quantitative estimate of drug-likeness (QED) is 0.0685. The molecule has 2 saturated heterocycles. The lowest BCUT2D eigenvalue weighted by Crippen LogP contribution is -2.62. The third kappa shape index (κ3) is 16.2. The minimum Gasteiger partial charge on any atom is -0.462 e. The van der Waals surface area contributed by atoms with Crippen LogP contribution < -0.4 is 0 Å². The maximum atomic E-state index is 12.9. The van der Waals surface area contributed by atoms with E-state index in [-0.39, 0.29) is 59.1 Å². The summed E-state index contributed by atoms with van der Waals surface area (Å²) in [5.41, 5.74) is -1.12. The molecule has 0 aromatic rings. The number of hydroxylamine groups is 4. The maximum absolute atomic E-state index is 12.9. The molecule has 2 fully saturated rings. The van der Waals surface area contributed by atoms with Crippen molar-refractivity contribution < 1.29 is 28.7 Å². The molecule has 8 heteroatoms. The summed E-state index contributed by atoms with van der Waals surface area (Å²) in [6, 6.07) is 0. The molecule has 0 atom stereocenters. The molecule has 0 saturated carbocycles. The second-order valence-electron chi connectivity index (χ2n) is 18.0. The largest absolute Gasteiger partial charge is 0.462 e. The molecule has 0 bridgehead atoms. The van der Waals surface area contributed by atoms with Gasteiger partial charge in [-0.15, -0.1) is 0 Å². The SMILES string of the molecule is CCCCCCCCCCON1C(C)(C)CC(OC(=O)CCC(=O)OC2CC(C)(C)N(OCCCCCCCCCC)C(C)(C)C2)CC1(C)C. The molecule has 8 nitrogen and oxygen atoms in total. The molecule has 2 heterocycles. The Bertz CT molecular complexity index is 852. The Hall–Kier alpha value is -1.22.